The monoisotopic (exact) mass is 301 g/mol. The molecular weight excluding hydrogens is 282 g/mol. The number of hydrogen-bond acceptors (Lipinski definition) is 4. The number of carbonyl (C=O) groups excluding carboxylic acids is 1. The molecule has 0 heterocycles. The Morgan fingerprint density at radius 1 is 1.09 bits per heavy atom. The zero-order valence-corrected chi connectivity index (χ0v) is 12.6. The van der Waals surface area contributed by atoms with Gasteiger partial charge in [0.2, 0.25) is 5.75 Å². The van der Waals surface area contributed by atoms with Crippen molar-refractivity contribution in [1.82, 2.24) is 5.32 Å². The van der Waals surface area contributed by atoms with Crippen molar-refractivity contribution in [1.29, 1.82) is 0 Å². The fourth-order valence-electron chi connectivity index (χ4n) is 2.10. The lowest BCUT2D eigenvalue weighted by molar-refractivity contribution is 0.0954. The molecule has 0 aliphatic heterocycles. The maximum atomic E-state index is 11.9. The molecule has 0 unspecified atom stereocenters. The minimum atomic E-state index is -0.113. The molecule has 22 heavy (non-hydrogen) atoms. The molecule has 2 N–H and O–H groups in total. The van der Waals surface area contributed by atoms with Gasteiger partial charge in [-0.3, -0.25) is 4.79 Å². The maximum Gasteiger partial charge on any atom is 0.251 e. The molecule has 2 rings (SSSR count). The van der Waals surface area contributed by atoms with Crippen molar-refractivity contribution in [3.05, 3.63) is 53.6 Å². The van der Waals surface area contributed by atoms with Gasteiger partial charge in [-0.05, 0) is 36.2 Å². The van der Waals surface area contributed by atoms with Crippen LogP contribution in [0.1, 0.15) is 15.9 Å². The summed E-state index contributed by atoms with van der Waals surface area (Å²) >= 11 is 0. The van der Waals surface area contributed by atoms with Crippen molar-refractivity contribution in [2.24, 2.45) is 0 Å². The Balaban J connectivity index is 1.98. The number of benzene rings is 2. The fraction of sp³-hybridized carbons (Fsp3) is 0.235. The van der Waals surface area contributed by atoms with Gasteiger partial charge in [0.25, 0.3) is 5.91 Å². The molecule has 116 valence electrons. The van der Waals surface area contributed by atoms with Crippen molar-refractivity contribution in [2.75, 3.05) is 20.8 Å². The molecule has 2 aromatic carbocycles. The quantitative estimate of drug-likeness (QED) is 0.859. The largest absolute Gasteiger partial charge is 0.502 e. The molecule has 1 amide bonds. The van der Waals surface area contributed by atoms with Crippen molar-refractivity contribution in [3.8, 4) is 17.2 Å². The first-order valence-electron chi connectivity index (χ1n) is 6.92. The number of phenols is 1. The number of aromatic hydroxyl groups is 1. The van der Waals surface area contributed by atoms with E-state index >= 15 is 0 Å². The van der Waals surface area contributed by atoms with Gasteiger partial charge in [0.05, 0.1) is 14.2 Å². The summed E-state index contributed by atoms with van der Waals surface area (Å²) in [5.41, 5.74) is 1.53. The normalized spacial score (nSPS) is 10.1. The molecular formula is C17H19NO4. The summed E-state index contributed by atoms with van der Waals surface area (Å²) in [4.78, 5) is 11.9. The Morgan fingerprint density at radius 3 is 2.23 bits per heavy atom. The molecule has 0 aliphatic rings. The van der Waals surface area contributed by atoms with E-state index in [1.54, 1.807) is 24.3 Å². The third kappa shape index (κ3) is 3.69. The standard InChI is InChI=1S/C17H19NO4/c1-21-14-10-12(11-15(22-2)16(14)19)8-9-18-17(20)13-6-4-3-5-7-13/h3-7,10-11,19H,8-9H2,1-2H3,(H,18,20). The first kappa shape index (κ1) is 15.7. The lowest BCUT2D eigenvalue weighted by Gasteiger charge is -2.11. The summed E-state index contributed by atoms with van der Waals surface area (Å²) in [5.74, 6) is 0.563. The lowest BCUT2D eigenvalue weighted by atomic mass is 10.1. The van der Waals surface area contributed by atoms with Crippen LogP contribution >= 0.6 is 0 Å². The Hall–Kier alpha value is -2.69. The van der Waals surface area contributed by atoms with E-state index in [0.717, 1.165) is 5.56 Å². The van der Waals surface area contributed by atoms with Gasteiger partial charge in [0, 0.05) is 12.1 Å². The zero-order valence-electron chi connectivity index (χ0n) is 12.6. The lowest BCUT2D eigenvalue weighted by Crippen LogP contribution is -2.25. The van der Waals surface area contributed by atoms with E-state index in [1.165, 1.54) is 14.2 Å². The number of hydrogen-bond donors (Lipinski definition) is 2. The average Bonchev–Trinajstić information content (AvgIpc) is 2.56. The van der Waals surface area contributed by atoms with E-state index in [0.29, 0.717) is 30.0 Å². The number of amides is 1. The van der Waals surface area contributed by atoms with Crippen molar-refractivity contribution >= 4 is 5.91 Å². The predicted molar refractivity (Wildman–Crippen MR) is 83.7 cm³/mol. The summed E-state index contributed by atoms with van der Waals surface area (Å²) in [6.07, 6.45) is 0.603. The van der Waals surface area contributed by atoms with Gasteiger partial charge in [-0.2, -0.15) is 0 Å². The van der Waals surface area contributed by atoms with Crippen LogP contribution in [0.25, 0.3) is 0 Å². The molecule has 0 bridgehead atoms. The van der Waals surface area contributed by atoms with E-state index in [2.05, 4.69) is 5.32 Å². The van der Waals surface area contributed by atoms with Crippen LogP contribution in [0.4, 0.5) is 0 Å². The van der Waals surface area contributed by atoms with E-state index < -0.39 is 0 Å². The topological polar surface area (TPSA) is 67.8 Å². The number of methoxy groups -OCH3 is 2. The summed E-state index contributed by atoms with van der Waals surface area (Å²) in [6.45, 7) is 0.477. The highest BCUT2D eigenvalue weighted by atomic mass is 16.5. The average molecular weight is 301 g/mol. The van der Waals surface area contributed by atoms with Crippen LogP contribution in [0.3, 0.4) is 0 Å². The van der Waals surface area contributed by atoms with E-state index in [1.807, 2.05) is 18.2 Å². The van der Waals surface area contributed by atoms with E-state index in [4.69, 9.17) is 9.47 Å². The predicted octanol–water partition coefficient (Wildman–Crippen LogP) is 2.38. The number of rotatable bonds is 6. The van der Waals surface area contributed by atoms with Crippen LogP contribution in [0.2, 0.25) is 0 Å². The number of carbonyl (C=O) groups is 1. The fourth-order valence-corrected chi connectivity index (χ4v) is 2.10. The summed E-state index contributed by atoms with van der Waals surface area (Å²) < 4.78 is 10.2. The van der Waals surface area contributed by atoms with Gasteiger partial charge in [-0.1, -0.05) is 18.2 Å². The highest BCUT2D eigenvalue weighted by Gasteiger charge is 2.11. The van der Waals surface area contributed by atoms with Crippen molar-refractivity contribution in [3.63, 3.8) is 0 Å². The zero-order chi connectivity index (χ0) is 15.9. The van der Waals surface area contributed by atoms with Gasteiger partial charge in [0.1, 0.15) is 0 Å². The van der Waals surface area contributed by atoms with Crippen molar-refractivity contribution < 1.29 is 19.4 Å². The van der Waals surface area contributed by atoms with Crippen LogP contribution < -0.4 is 14.8 Å². The van der Waals surface area contributed by atoms with Gasteiger partial charge in [0.15, 0.2) is 11.5 Å². The number of nitrogens with one attached hydrogen (secondary N) is 1. The third-order valence-electron chi connectivity index (χ3n) is 3.27. The SMILES string of the molecule is COc1cc(CCNC(=O)c2ccccc2)cc(OC)c1O. The van der Waals surface area contributed by atoms with Gasteiger partial charge >= 0.3 is 0 Å². The Bertz CT molecular complexity index is 615. The van der Waals surface area contributed by atoms with E-state index in [-0.39, 0.29) is 11.7 Å². The second-order valence-corrected chi connectivity index (χ2v) is 4.72. The van der Waals surface area contributed by atoms with Crippen molar-refractivity contribution in [2.45, 2.75) is 6.42 Å². The smallest absolute Gasteiger partial charge is 0.251 e. The second kappa shape index (κ2) is 7.36. The molecule has 2 aromatic rings. The molecule has 0 saturated carbocycles. The number of phenolic OH excluding ortho intramolecular Hbond substituents is 1. The highest BCUT2D eigenvalue weighted by molar-refractivity contribution is 5.94. The van der Waals surface area contributed by atoms with Crippen LogP contribution in [0, 0.1) is 0 Å². The van der Waals surface area contributed by atoms with E-state index in [9.17, 15) is 9.90 Å². The molecule has 0 radical (unpaired) electrons. The Morgan fingerprint density at radius 2 is 1.68 bits per heavy atom. The van der Waals surface area contributed by atoms with Crippen LogP contribution in [-0.4, -0.2) is 31.8 Å². The summed E-state index contributed by atoms with van der Waals surface area (Å²) in [6, 6.07) is 12.5. The number of ether oxygens (including phenoxy) is 2. The highest BCUT2D eigenvalue weighted by Crippen LogP contribution is 2.37. The molecule has 0 spiro atoms. The van der Waals surface area contributed by atoms with Gasteiger partial charge < -0.3 is 19.9 Å². The van der Waals surface area contributed by atoms with Crippen LogP contribution in [0.15, 0.2) is 42.5 Å². The van der Waals surface area contributed by atoms with Crippen LogP contribution in [-0.2, 0) is 6.42 Å². The second-order valence-electron chi connectivity index (χ2n) is 4.72. The molecule has 0 aromatic heterocycles. The Kier molecular flexibility index (Phi) is 5.25. The van der Waals surface area contributed by atoms with Gasteiger partial charge in [-0.25, -0.2) is 0 Å². The molecule has 5 nitrogen and oxygen atoms in total. The molecule has 0 fully saturated rings. The summed E-state index contributed by atoms with van der Waals surface area (Å²) in [7, 11) is 2.96. The first-order chi connectivity index (χ1) is 10.7. The van der Waals surface area contributed by atoms with Gasteiger partial charge in [-0.15, -0.1) is 0 Å². The molecule has 0 saturated heterocycles. The Labute approximate surface area is 129 Å². The molecule has 5 heteroatoms. The minimum absolute atomic E-state index is 0.0259. The molecule has 0 atom stereocenters. The first-order valence-corrected chi connectivity index (χ1v) is 6.92. The molecule has 0 aliphatic carbocycles. The minimum Gasteiger partial charge on any atom is -0.502 e. The summed E-state index contributed by atoms with van der Waals surface area (Å²) in [5, 5.41) is 12.7. The van der Waals surface area contributed by atoms with Crippen LogP contribution in [0.5, 0.6) is 17.2 Å². The maximum absolute atomic E-state index is 11.9. The third-order valence-corrected chi connectivity index (χ3v) is 3.27.